The summed E-state index contributed by atoms with van der Waals surface area (Å²) >= 11 is 0. The summed E-state index contributed by atoms with van der Waals surface area (Å²) in [6.45, 7) is 9.16. The number of aromatic nitrogens is 1. The highest BCUT2D eigenvalue weighted by Gasteiger charge is 2.13. The third kappa shape index (κ3) is 6.38. The number of unbranched alkanes of at least 4 members (excludes halogenated alkanes) is 3. The quantitative estimate of drug-likeness (QED) is 0.414. The second-order valence-corrected chi connectivity index (χ2v) is 6.40. The highest BCUT2D eigenvalue weighted by Crippen LogP contribution is 2.18. The van der Waals surface area contributed by atoms with Gasteiger partial charge >= 0.3 is 0 Å². The van der Waals surface area contributed by atoms with E-state index < -0.39 is 0 Å². The Morgan fingerprint density at radius 2 is 2.00 bits per heavy atom. The molecule has 1 aromatic heterocycles. The molecule has 0 unspecified atom stereocenters. The molecule has 1 aromatic rings. The average molecular weight is 332 g/mol. The number of aliphatic imine (C=N–C) groups is 1. The van der Waals surface area contributed by atoms with E-state index in [9.17, 15) is 0 Å². The Morgan fingerprint density at radius 1 is 1.17 bits per heavy atom. The number of nitrogens with zero attached hydrogens (tertiary/aromatic N) is 3. The van der Waals surface area contributed by atoms with Gasteiger partial charge in [-0.05, 0) is 43.9 Å². The molecule has 1 aliphatic rings. The molecule has 2 heterocycles. The van der Waals surface area contributed by atoms with E-state index in [2.05, 4.69) is 46.5 Å². The molecule has 0 atom stereocenters. The maximum Gasteiger partial charge on any atom is 0.191 e. The molecule has 1 aliphatic heterocycles. The summed E-state index contributed by atoms with van der Waals surface area (Å²) in [6.07, 6.45) is 9.52. The SMILES string of the molecule is CCCCCCNC(=NCc1ccnc(N2CCCC2)c1)NCC. The van der Waals surface area contributed by atoms with Gasteiger partial charge in [0.05, 0.1) is 6.54 Å². The number of hydrogen-bond acceptors (Lipinski definition) is 3. The molecule has 0 radical (unpaired) electrons. The Morgan fingerprint density at radius 3 is 2.75 bits per heavy atom. The molecular weight excluding hydrogens is 298 g/mol. The van der Waals surface area contributed by atoms with Gasteiger partial charge in [0.1, 0.15) is 5.82 Å². The van der Waals surface area contributed by atoms with Gasteiger partial charge in [0.25, 0.3) is 0 Å². The van der Waals surface area contributed by atoms with E-state index in [-0.39, 0.29) is 0 Å². The summed E-state index contributed by atoms with van der Waals surface area (Å²) in [4.78, 5) is 11.6. The van der Waals surface area contributed by atoms with Crippen molar-refractivity contribution < 1.29 is 0 Å². The van der Waals surface area contributed by atoms with Gasteiger partial charge in [0.2, 0.25) is 0 Å². The van der Waals surface area contributed by atoms with Crippen molar-refractivity contribution in [2.75, 3.05) is 31.1 Å². The van der Waals surface area contributed by atoms with Crippen molar-refractivity contribution in [3.05, 3.63) is 23.9 Å². The predicted molar refractivity (Wildman–Crippen MR) is 103 cm³/mol. The smallest absolute Gasteiger partial charge is 0.191 e. The van der Waals surface area contributed by atoms with Crippen LogP contribution in [0.1, 0.15) is 57.9 Å². The largest absolute Gasteiger partial charge is 0.357 e. The zero-order valence-electron chi connectivity index (χ0n) is 15.4. The van der Waals surface area contributed by atoms with Crippen molar-refractivity contribution in [3.63, 3.8) is 0 Å². The fourth-order valence-corrected chi connectivity index (χ4v) is 2.95. The van der Waals surface area contributed by atoms with Crippen molar-refractivity contribution in [1.82, 2.24) is 15.6 Å². The van der Waals surface area contributed by atoms with Crippen molar-refractivity contribution in [1.29, 1.82) is 0 Å². The number of pyridine rings is 1. The van der Waals surface area contributed by atoms with Crippen LogP contribution >= 0.6 is 0 Å². The Labute approximate surface area is 147 Å². The topological polar surface area (TPSA) is 52.6 Å². The molecule has 2 rings (SSSR count). The number of anilines is 1. The Balaban J connectivity index is 1.86. The van der Waals surface area contributed by atoms with Crippen molar-refractivity contribution >= 4 is 11.8 Å². The van der Waals surface area contributed by atoms with Crippen LogP contribution < -0.4 is 15.5 Å². The van der Waals surface area contributed by atoms with Gasteiger partial charge in [0.15, 0.2) is 5.96 Å². The highest BCUT2D eigenvalue weighted by atomic mass is 15.2. The molecule has 134 valence electrons. The number of hydrogen-bond donors (Lipinski definition) is 2. The van der Waals surface area contributed by atoms with Gasteiger partial charge in [0, 0.05) is 32.4 Å². The van der Waals surface area contributed by atoms with E-state index in [0.29, 0.717) is 6.54 Å². The number of guanidine groups is 1. The lowest BCUT2D eigenvalue weighted by atomic mass is 10.2. The molecule has 0 aliphatic carbocycles. The lowest BCUT2D eigenvalue weighted by Crippen LogP contribution is -2.37. The van der Waals surface area contributed by atoms with Gasteiger partial charge < -0.3 is 15.5 Å². The first-order valence-electron chi connectivity index (χ1n) is 9.55. The van der Waals surface area contributed by atoms with Gasteiger partial charge in [-0.3, -0.25) is 0 Å². The summed E-state index contributed by atoms with van der Waals surface area (Å²) in [5, 5.41) is 6.76. The highest BCUT2D eigenvalue weighted by molar-refractivity contribution is 5.79. The maximum absolute atomic E-state index is 4.72. The van der Waals surface area contributed by atoms with Crippen LogP contribution in [0.25, 0.3) is 0 Å². The van der Waals surface area contributed by atoms with Crippen LogP contribution in [0, 0.1) is 0 Å². The fraction of sp³-hybridized carbons (Fsp3) is 0.684. The molecule has 5 heteroatoms. The second kappa shape index (κ2) is 10.9. The van der Waals surface area contributed by atoms with Crippen molar-refractivity contribution in [2.45, 2.75) is 58.9 Å². The minimum Gasteiger partial charge on any atom is -0.357 e. The number of nitrogens with one attached hydrogen (secondary N) is 2. The molecule has 5 nitrogen and oxygen atoms in total. The zero-order chi connectivity index (χ0) is 17.0. The molecule has 0 amide bonds. The first-order chi connectivity index (χ1) is 11.8. The molecule has 0 bridgehead atoms. The third-order valence-corrected chi connectivity index (χ3v) is 4.33. The first-order valence-corrected chi connectivity index (χ1v) is 9.55. The molecule has 24 heavy (non-hydrogen) atoms. The van der Waals surface area contributed by atoms with Gasteiger partial charge in [-0.2, -0.15) is 0 Å². The van der Waals surface area contributed by atoms with E-state index in [4.69, 9.17) is 4.99 Å². The third-order valence-electron chi connectivity index (χ3n) is 4.33. The van der Waals surface area contributed by atoms with E-state index >= 15 is 0 Å². The molecule has 2 N–H and O–H groups in total. The van der Waals surface area contributed by atoms with Crippen LogP contribution in [0.4, 0.5) is 5.82 Å². The van der Waals surface area contributed by atoms with Crippen LogP contribution in [0.3, 0.4) is 0 Å². The zero-order valence-corrected chi connectivity index (χ0v) is 15.4. The van der Waals surface area contributed by atoms with E-state index in [1.165, 1.54) is 44.1 Å². The Hall–Kier alpha value is -1.78. The van der Waals surface area contributed by atoms with Gasteiger partial charge in [-0.1, -0.05) is 26.2 Å². The summed E-state index contributed by atoms with van der Waals surface area (Å²) in [6, 6.07) is 4.24. The van der Waals surface area contributed by atoms with Crippen LogP contribution in [0.5, 0.6) is 0 Å². The number of rotatable bonds is 9. The first kappa shape index (κ1) is 18.6. The second-order valence-electron chi connectivity index (χ2n) is 6.40. The normalized spacial score (nSPS) is 14.9. The van der Waals surface area contributed by atoms with E-state index in [0.717, 1.165) is 38.0 Å². The van der Waals surface area contributed by atoms with E-state index in [1.54, 1.807) is 0 Å². The van der Waals surface area contributed by atoms with Crippen LogP contribution in [0.2, 0.25) is 0 Å². The van der Waals surface area contributed by atoms with Crippen LogP contribution in [-0.4, -0.2) is 37.1 Å². The molecular formula is C19H33N5. The van der Waals surface area contributed by atoms with Gasteiger partial charge in [-0.15, -0.1) is 0 Å². The molecule has 0 aromatic carbocycles. The Bertz CT molecular complexity index is 494. The van der Waals surface area contributed by atoms with Gasteiger partial charge in [-0.25, -0.2) is 9.98 Å². The lowest BCUT2D eigenvalue weighted by molar-refractivity contribution is 0.647. The standard InChI is InChI=1S/C19H33N5/c1-3-5-6-7-11-22-19(20-4-2)23-16-17-10-12-21-18(15-17)24-13-8-9-14-24/h10,12,15H,3-9,11,13-14,16H2,1-2H3,(H2,20,22,23). The fourth-order valence-electron chi connectivity index (χ4n) is 2.95. The minimum absolute atomic E-state index is 0.688. The van der Waals surface area contributed by atoms with E-state index in [1.807, 2.05) is 6.20 Å². The molecule has 0 spiro atoms. The minimum atomic E-state index is 0.688. The monoisotopic (exact) mass is 331 g/mol. The summed E-state index contributed by atoms with van der Waals surface area (Å²) < 4.78 is 0. The van der Waals surface area contributed by atoms with Crippen molar-refractivity contribution in [2.24, 2.45) is 4.99 Å². The predicted octanol–water partition coefficient (Wildman–Crippen LogP) is 3.32. The molecule has 1 fully saturated rings. The average Bonchev–Trinajstić information content (AvgIpc) is 3.14. The summed E-state index contributed by atoms with van der Waals surface area (Å²) in [5.41, 5.74) is 1.22. The molecule has 1 saturated heterocycles. The summed E-state index contributed by atoms with van der Waals surface area (Å²) in [7, 11) is 0. The lowest BCUT2D eigenvalue weighted by Gasteiger charge is -2.16. The summed E-state index contributed by atoms with van der Waals surface area (Å²) in [5.74, 6) is 2.01. The van der Waals surface area contributed by atoms with Crippen LogP contribution in [-0.2, 0) is 6.54 Å². The Kier molecular flexibility index (Phi) is 8.42. The maximum atomic E-state index is 4.72. The van der Waals surface area contributed by atoms with Crippen LogP contribution in [0.15, 0.2) is 23.3 Å². The van der Waals surface area contributed by atoms with Crippen molar-refractivity contribution in [3.8, 4) is 0 Å². The molecule has 0 saturated carbocycles.